The fourth-order valence-electron chi connectivity index (χ4n) is 3.76. The summed E-state index contributed by atoms with van der Waals surface area (Å²) in [6.45, 7) is 0. The number of carbonyl (C=O) groups excluding carboxylic acids is 1. The normalized spacial score (nSPS) is 15.6. The summed E-state index contributed by atoms with van der Waals surface area (Å²) in [6, 6.07) is 6.68. The molecular weight excluding hydrogens is 381 g/mol. The van der Waals surface area contributed by atoms with Gasteiger partial charge in [-0.1, -0.05) is 25.7 Å². The Balaban J connectivity index is 1.73. The van der Waals surface area contributed by atoms with E-state index in [-0.39, 0.29) is 34.5 Å². The first-order valence-electron chi connectivity index (χ1n) is 9.76. The molecule has 1 saturated carbocycles. The van der Waals surface area contributed by atoms with Crippen LogP contribution in [-0.4, -0.2) is 26.5 Å². The molecular formula is C21H21F3N4O. The Morgan fingerprint density at radius 3 is 2.45 bits per heavy atom. The van der Waals surface area contributed by atoms with Crippen LogP contribution >= 0.6 is 0 Å². The van der Waals surface area contributed by atoms with Crippen LogP contribution < -0.4 is 5.32 Å². The van der Waals surface area contributed by atoms with Crippen molar-refractivity contribution in [3.8, 4) is 11.3 Å². The molecule has 3 aromatic rings. The number of nitrogens with one attached hydrogen (secondary N) is 1. The second-order valence-corrected chi connectivity index (χ2v) is 7.33. The van der Waals surface area contributed by atoms with Crippen LogP contribution in [-0.2, 0) is 0 Å². The minimum absolute atomic E-state index is 0.0632. The summed E-state index contributed by atoms with van der Waals surface area (Å²) in [5.41, 5.74) is 0.556. The van der Waals surface area contributed by atoms with Crippen LogP contribution in [0, 0.1) is 5.82 Å². The molecule has 1 aliphatic carbocycles. The van der Waals surface area contributed by atoms with Crippen molar-refractivity contribution in [3.05, 3.63) is 53.6 Å². The van der Waals surface area contributed by atoms with Gasteiger partial charge in [0.25, 0.3) is 12.3 Å². The second kappa shape index (κ2) is 8.23. The van der Waals surface area contributed by atoms with Gasteiger partial charge < -0.3 is 5.32 Å². The molecule has 1 amide bonds. The number of alkyl halides is 2. The lowest BCUT2D eigenvalue weighted by Crippen LogP contribution is -2.34. The van der Waals surface area contributed by atoms with Crippen molar-refractivity contribution in [2.24, 2.45) is 0 Å². The molecule has 5 nitrogen and oxygen atoms in total. The third-order valence-electron chi connectivity index (χ3n) is 5.30. The number of hydrogen-bond acceptors (Lipinski definition) is 3. The first-order chi connectivity index (χ1) is 14.0. The Morgan fingerprint density at radius 1 is 1.10 bits per heavy atom. The van der Waals surface area contributed by atoms with E-state index in [4.69, 9.17) is 0 Å². The Kier molecular flexibility index (Phi) is 5.51. The van der Waals surface area contributed by atoms with E-state index in [9.17, 15) is 18.0 Å². The van der Waals surface area contributed by atoms with Crippen LogP contribution in [0.15, 0.2) is 36.5 Å². The summed E-state index contributed by atoms with van der Waals surface area (Å²) in [6.07, 6.45) is 4.70. The van der Waals surface area contributed by atoms with Gasteiger partial charge in [0.2, 0.25) is 0 Å². The molecule has 1 N–H and O–H groups in total. The number of halogens is 3. The van der Waals surface area contributed by atoms with Gasteiger partial charge in [0.1, 0.15) is 17.1 Å². The van der Waals surface area contributed by atoms with Crippen LogP contribution in [0.25, 0.3) is 16.9 Å². The number of rotatable bonds is 4. The highest BCUT2D eigenvalue weighted by atomic mass is 19.3. The first-order valence-corrected chi connectivity index (χ1v) is 9.76. The predicted molar refractivity (Wildman–Crippen MR) is 102 cm³/mol. The van der Waals surface area contributed by atoms with Gasteiger partial charge in [-0.25, -0.2) is 22.7 Å². The largest absolute Gasteiger partial charge is 0.349 e. The molecule has 0 bridgehead atoms. The van der Waals surface area contributed by atoms with Gasteiger partial charge >= 0.3 is 0 Å². The molecule has 0 aliphatic heterocycles. The number of carbonyl (C=O) groups is 1. The minimum atomic E-state index is -2.81. The molecule has 1 fully saturated rings. The van der Waals surface area contributed by atoms with Crippen molar-refractivity contribution in [3.63, 3.8) is 0 Å². The standard InChI is InChI=1S/C21H21F3N4O/c22-14-9-7-13(8-10-14)17-11-18(19(23)24)28-20(27-17)16(12-25-28)21(29)26-15-5-3-1-2-4-6-15/h7-12,15,19H,1-6H2,(H,26,29). The lowest BCUT2D eigenvalue weighted by atomic mass is 10.1. The molecule has 0 radical (unpaired) electrons. The molecule has 4 rings (SSSR count). The summed E-state index contributed by atoms with van der Waals surface area (Å²) in [4.78, 5) is 17.2. The number of fused-ring (bicyclic) bond motifs is 1. The summed E-state index contributed by atoms with van der Waals surface area (Å²) in [7, 11) is 0. The van der Waals surface area contributed by atoms with E-state index >= 15 is 0 Å². The lowest BCUT2D eigenvalue weighted by Gasteiger charge is -2.15. The Hall–Kier alpha value is -2.90. The van der Waals surface area contributed by atoms with Gasteiger partial charge in [-0.05, 0) is 43.2 Å². The molecule has 2 heterocycles. The van der Waals surface area contributed by atoms with E-state index in [1.54, 1.807) is 0 Å². The maximum absolute atomic E-state index is 13.6. The van der Waals surface area contributed by atoms with Gasteiger partial charge in [0.05, 0.1) is 11.9 Å². The average Bonchev–Trinajstić information content (AvgIpc) is 2.97. The molecule has 0 spiro atoms. The smallest absolute Gasteiger partial charge is 0.280 e. The van der Waals surface area contributed by atoms with Gasteiger partial charge in [0.15, 0.2) is 5.65 Å². The van der Waals surface area contributed by atoms with Crippen molar-refractivity contribution in [2.45, 2.75) is 51.0 Å². The molecule has 0 atom stereocenters. The fraction of sp³-hybridized carbons (Fsp3) is 0.381. The van der Waals surface area contributed by atoms with Crippen LogP contribution in [0.3, 0.4) is 0 Å². The topological polar surface area (TPSA) is 59.3 Å². The van der Waals surface area contributed by atoms with E-state index in [2.05, 4.69) is 15.4 Å². The Bertz CT molecular complexity index is 1010. The monoisotopic (exact) mass is 402 g/mol. The molecule has 1 aromatic carbocycles. The van der Waals surface area contributed by atoms with E-state index in [1.165, 1.54) is 36.5 Å². The Morgan fingerprint density at radius 2 is 1.79 bits per heavy atom. The highest BCUT2D eigenvalue weighted by molar-refractivity contribution is 6.00. The molecule has 152 valence electrons. The predicted octanol–water partition coefficient (Wildman–Crippen LogP) is 4.93. The van der Waals surface area contributed by atoms with Gasteiger partial charge in [-0.2, -0.15) is 5.10 Å². The van der Waals surface area contributed by atoms with Crippen LogP contribution in [0.5, 0.6) is 0 Å². The van der Waals surface area contributed by atoms with E-state index < -0.39 is 12.2 Å². The SMILES string of the molecule is O=C(NC1CCCCCC1)c1cnn2c(C(F)F)cc(-c3ccc(F)cc3)nc12. The molecule has 2 aromatic heterocycles. The van der Waals surface area contributed by atoms with Crippen LogP contribution in [0.4, 0.5) is 13.2 Å². The minimum Gasteiger partial charge on any atom is -0.349 e. The first kappa shape index (κ1) is 19.4. The molecule has 29 heavy (non-hydrogen) atoms. The zero-order chi connectivity index (χ0) is 20.4. The highest BCUT2D eigenvalue weighted by Crippen LogP contribution is 2.27. The number of benzene rings is 1. The lowest BCUT2D eigenvalue weighted by molar-refractivity contribution is 0.0934. The Labute approximate surface area is 166 Å². The summed E-state index contributed by atoms with van der Waals surface area (Å²) in [5, 5.41) is 6.97. The molecule has 1 aliphatic rings. The zero-order valence-corrected chi connectivity index (χ0v) is 15.7. The van der Waals surface area contributed by atoms with Gasteiger partial charge in [0, 0.05) is 11.6 Å². The number of nitrogens with zero attached hydrogens (tertiary/aromatic N) is 3. The number of aromatic nitrogens is 3. The fourth-order valence-corrected chi connectivity index (χ4v) is 3.76. The van der Waals surface area contributed by atoms with E-state index in [1.807, 2.05) is 0 Å². The van der Waals surface area contributed by atoms with Gasteiger partial charge in [-0.15, -0.1) is 0 Å². The third kappa shape index (κ3) is 4.11. The second-order valence-electron chi connectivity index (χ2n) is 7.33. The number of amides is 1. The summed E-state index contributed by atoms with van der Waals surface area (Å²) in [5.74, 6) is -0.799. The van der Waals surface area contributed by atoms with Crippen molar-refractivity contribution in [1.82, 2.24) is 19.9 Å². The van der Waals surface area contributed by atoms with Crippen molar-refractivity contribution >= 4 is 11.6 Å². The maximum Gasteiger partial charge on any atom is 0.280 e. The number of hydrogen-bond donors (Lipinski definition) is 1. The summed E-state index contributed by atoms with van der Waals surface area (Å²) < 4.78 is 41.5. The highest BCUT2D eigenvalue weighted by Gasteiger charge is 2.23. The maximum atomic E-state index is 13.6. The van der Waals surface area contributed by atoms with Crippen molar-refractivity contribution in [1.29, 1.82) is 0 Å². The van der Waals surface area contributed by atoms with Crippen molar-refractivity contribution < 1.29 is 18.0 Å². The van der Waals surface area contributed by atoms with E-state index in [0.29, 0.717) is 5.56 Å². The van der Waals surface area contributed by atoms with E-state index in [0.717, 1.165) is 43.0 Å². The zero-order valence-electron chi connectivity index (χ0n) is 15.7. The van der Waals surface area contributed by atoms with Gasteiger partial charge in [-0.3, -0.25) is 4.79 Å². The quantitative estimate of drug-likeness (QED) is 0.630. The summed E-state index contributed by atoms with van der Waals surface area (Å²) >= 11 is 0. The molecule has 8 heteroatoms. The van der Waals surface area contributed by atoms with Crippen LogP contribution in [0.2, 0.25) is 0 Å². The molecule has 0 saturated heterocycles. The average molecular weight is 402 g/mol. The van der Waals surface area contributed by atoms with Crippen molar-refractivity contribution in [2.75, 3.05) is 0 Å². The third-order valence-corrected chi connectivity index (χ3v) is 5.30. The molecule has 0 unspecified atom stereocenters. The van der Waals surface area contributed by atoms with Crippen LogP contribution in [0.1, 0.15) is 61.0 Å².